The van der Waals surface area contributed by atoms with Crippen molar-refractivity contribution in [1.29, 1.82) is 0 Å². The molecule has 4 heteroatoms. The summed E-state index contributed by atoms with van der Waals surface area (Å²) in [4.78, 5) is 2.14. The van der Waals surface area contributed by atoms with Crippen molar-refractivity contribution in [3.05, 3.63) is 34.9 Å². The summed E-state index contributed by atoms with van der Waals surface area (Å²) in [6.07, 6.45) is 2.44. The molecule has 1 aromatic rings. The Morgan fingerprint density at radius 1 is 1.18 bits per heavy atom. The van der Waals surface area contributed by atoms with Gasteiger partial charge in [-0.3, -0.25) is 4.90 Å². The second-order valence-corrected chi connectivity index (χ2v) is 6.98. The number of aliphatic hydroxyl groups is 1. The molecular weight excluding hydrogens is 284 g/mol. The van der Waals surface area contributed by atoms with Crippen molar-refractivity contribution in [3.63, 3.8) is 0 Å². The van der Waals surface area contributed by atoms with E-state index in [4.69, 9.17) is 0 Å². The van der Waals surface area contributed by atoms with E-state index in [9.17, 15) is 13.9 Å². The predicted octanol–water partition coefficient (Wildman–Crippen LogP) is 3.89. The molecule has 22 heavy (non-hydrogen) atoms. The van der Waals surface area contributed by atoms with Crippen molar-refractivity contribution in [2.45, 2.75) is 52.7 Å². The molecule has 1 heterocycles. The van der Waals surface area contributed by atoms with E-state index in [1.165, 1.54) is 0 Å². The van der Waals surface area contributed by atoms with Crippen LogP contribution < -0.4 is 0 Å². The largest absolute Gasteiger partial charge is 0.393 e. The van der Waals surface area contributed by atoms with Crippen molar-refractivity contribution in [2.75, 3.05) is 13.1 Å². The molecule has 1 atom stereocenters. The summed E-state index contributed by atoms with van der Waals surface area (Å²) in [6.45, 7) is 7.91. The summed E-state index contributed by atoms with van der Waals surface area (Å²) in [6, 6.07) is 3.31. The molecule has 1 N–H and O–H groups in total. The molecule has 1 aliphatic heterocycles. The number of halogens is 2. The molecule has 2 rings (SSSR count). The van der Waals surface area contributed by atoms with E-state index in [-0.39, 0.29) is 6.10 Å². The third-order valence-electron chi connectivity index (χ3n) is 4.64. The van der Waals surface area contributed by atoms with Gasteiger partial charge in [-0.2, -0.15) is 0 Å². The molecule has 1 aromatic carbocycles. The minimum absolute atomic E-state index is 0.240. The number of likely N-dealkylation sites (tertiary alicyclic amines) is 1. The Morgan fingerprint density at radius 3 is 2.41 bits per heavy atom. The molecule has 0 aromatic heterocycles. The molecule has 0 aliphatic carbocycles. The fraction of sp³-hybridized carbons (Fsp3) is 0.667. The smallest absolute Gasteiger partial charge is 0.163 e. The van der Waals surface area contributed by atoms with Gasteiger partial charge in [0.2, 0.25) is 0 Å². The number of piperidine rings is 1. The summed E-state index contributed by atoms with van der Waals surface area (Å²) in [7, 11) is 0. The lowest BCUT2D eigenvalue weighted by Crippen LogP contribution is -2.38. The number of benzene rings is 1. The van der Waals surface area contributed by atoms with E-state index >= 15 is 0 Å². The van der Waals surface area contributed by atoms with Crippen LogP contribution in [0.25, 0.3) is 0 Å². The number of hydrogen-bond acceptors (Lipinski definition) is 2. The van der Waals surface area contributed by atoms with E-state index in [0.29, 0.717) is 29.5 Å². The molecule has 0 spiro atoms. The molecule has 2 nitrogen and oxygen atoms in total. The van der Waals surface area contributed by atoms with Gasteiger partial charge < -0.3 is 5.11 Å². The van der Waals surface area contributed by atoms with Gasteiger partial charge in [-0.1, -0.05) is 26.0 Å². The van der Waals surface area contributed by atoms with Crippen LogP contribution >= 0.6 is 0 Å². The minimum atomic E-state index is -0.736. The summed E-state index contributed by atoms with van der Waals surface area (Å²) < 4.78 is 27.5. The number of aryl methyl sites for hydroxylation is 1. The van der Waals surface area contributed by atoms with E-state index in [1.54, 1.807) is 19.1 Å². The normalized spacial score (nSPS) is 18.9. The zero-order chi connectivity index (χ0) is 16.3. The highest BCUT2D eigenvalue weighted by molar-refractivity contribution is 5.25. The lowest BCUT2D eigenvalue weighted by Gasteiger charge is -2.34. The molecular formula is C18H27F2NO. The Balaban J connectivity index is 1.89. The zero-order valence-electron chi connectivity index (χ0n) is 13.8. The van der Waals surface area contributed by atoms with Crippen molar-refractivity contribution in [1.82, 2.24) is 4.90 Å². The zero-order valence-corrected chi connectivity index (χ0v) is 13.8. The van der Waals surface area contributed by atoms with Gasteiger partial charge in [-0.05, 0) is 56.7 Å². The second-order valence-electron chi connectivity index (χ2n) is 6.98. The van der Waals surface area contributed by atoms with Crippen LogP contribution in [0.1, 0.15) is 44.2 Å². The summed E-state index contributed by atoms with van der Waals surface area (Å²) in [5.74, 6) is -0.627. The van der Waals surface area contributed by atoms with Crippen LogP contribution in [0.2, 0.25) is 0 Å². The minimum Gasteiger partial charge on any atom is -0.393 e. The molecule has 1 saturated heterocycles. The SMILES string of the molecule is Cc1ccc(CN2CCC([C@H](O)CC(C)C)CC2)c(F)c1F. The van der Waals surface area contributed by atoms with Gasteiger partial charge in [0.1, 0.15) is 0 Å². The van der Waals surface area contributed by atoms with Gasteiger partial charge in [0.25, 0.3) is 0 Å². The lowest BCUT2D eigenvalue weighted by atomic mass is 9.87. The lowest BCUT2D eigenvalue weighted by molar-refractivity contribution is 0.0434. The average Bonchev–Trinajstić information content (AvgIpc) is 2.48. The number of nitrogens with zero attached hydrogens (tertiary/aromatic N) is 1. The summed E-state index contributed by atoms with van der Waals surface area (Å²) in [5.41, 5.74) is 0.765. The number of hydrogen-bond donors (Lipinski definition) is 1. The first kappa shape index (κ1) is 17.4. The van der Waals surface area contributed by atoms with Gasteiger partial charge >= 0.3 is 0 Å². The fourth-order valence-corrected chi connectivity index (χ4v) is 3.22. The van der Waals surface area contributed by atoms with Crippen molar-refractivity contribution in [3.8, 4) is 0 Å². The maximum absolute atomic E-state index is 13.9. The molecule has 124 valence electrons. The Morgan fingerprint density at radius 2 is 1.82 bits per heavy atom. The number of rotatable bonds is 5. The maximum Gasteiger partial charge on any atom is 0.163 e. The molecule has 1 fully saturated rings. The average molecular weight is 311 g/mol. The predicted molar refractivity (Wildman–Crippen MR) is 84.6 cm³/mol. The monoisotopic (exact) mass is 311 g/mol. The molecule has 0 radical (unpaired) electrons. The van der Waals surface area contributed by atoms with Gasteiger partial charge in [0.15, 0.2) is 11.6 Å². The number of aliphatic hydroxyl groups excluding tert-OH is 1. The Hall–Kier alpha value is -1.00. The fourth-order valence-electron chi connectivity index (χ4n) is 3.22. The van der Waals surface area contributed by atoms with E-state index in [2.05, 4.69) is 18.7 Å². The molecule has 1 aliphatic rings. The van der Waals surface area contributed by atoms with E-state index in [1.807, 2.05) is 0 Å². The van der Waals surface area contributed by atoms with Gasteiger partial charge in [0.05, 0.1) is 6.10 Å². The first-order valence-corrected chi connectivity index (χ1v) is 8.22. The van der Waals surface area contributed by atoms with Gasteiger partial charge in [0, 0.05) is 12.1 Å². The molecule has 0 bridgehead atoms. The third kappa shape index (κ3) is 4.26. The summed E-state index contributed by atoms with van der Waals surface area (Å²) in [5, 5.41) is 10.2. The van der Waals surface area contributed by atoms with Crippen LogP contribution in [0.15, 0.2) is 12.1 Å². The standard InChI is InChI=1S/C18H27F2NO/c1-12(2)10-16(22)14-6-8-21(9-7-14)11-15-5-4-13(3)17(19)18(15)20/h4-5,12,14,16,22H,6-11H2,1-3H3/t16-/m1/s1. The van der Waals surface area contributed by atoms with Crippen LogP contribution in [0.3, 0.4) is 0 Å². The van der Waals surface area contributed by atoms with Gasteiger partial charge in [-0.25, -0.2) is 8.78 Å². The summed E-state index contributed by atoms with van der Waals surface area (Å²) >= 11 is 0. The first-order chi connectivity index (χ1) is 10.4. The third-order valence-corrected chi connectivity index (χ3v) is 4.64. The molecule has 0 saturated carbocycles. The highest BCUT2D eigenvalue weighted by Gasteiger charge is 2.26. The van der Waals surface area contributed by atoms with Crippen molar-refractivity contribution >= 4 is 0 Å². The Bertz CT molecular complexity index is 496. The van der Waals surface area contributed by atoms with Crippen molar-refractivity contribution < 1.29 is 13.9 Å². The second kappa shape index (κ2) is 7.51. The molecule has 0 amide bonds. The van der Waals surface area contributed by atoms with Crippen LogP contribution in [-0.2, 0) is 6.54 Å². The quantitative estimate of drug-likeness (QED) is 0.891. The van der Waals surface area contributed by atoms with E-state index < -0.39 is 11.6 Å². The van der Waals surface area contributed by atoms with Gasteiger partial charge in [-0.15, -0.1) is 0 Å². The molecule has 0 unspecified atom stereocenters. The highest BCUT2D eigenvalue weighted by atomic mass is 19.2. The Kier molecular flexibility index (Phi) is 5.93. The van der Waals surface area contributed by atoms with Crippen LogP contribution in [-0.4, -0.2) is 29.2 Å². The van der Waals surface area contributed by atoms with Crippen LogP contribution in [0.4, 0.5) is 8.78 Å². The van der Waals surface area contributed by atoms with Crippen molar-refractivity contribution in [2.24, 2.45) is 11.8 Å². The maximum atomic E-state index is 13.9. The topological polar surface area (TPSA) is 23.5 Å². The van der Waals surface area contributed by atoms with Crippen LogP contribution in [0, 0.1) is 30.4 Å². The first-order valence-electron chi connectivity index (χ1n) is 8.22. The highest BCUT2D eigenvalue weighted by Crippen LogP contribution is 2.26. The van der Waals surface area contributed by atoms with E-state index in [0.717, 1.165) is 32.4 Å². The Labute approximate surface area is 132 Å². The van der Waals surface area contributed by atoms with Crippen LogP contribution in [0.5, 0.6) is 0 Å².